The molecule has 1 saturated carbocycles. The van der Waals surface area contributed by atoms with Crippen LogP contribution in [0.4, 0.5) is 0 Å². The predicted octanol–water partition coefficient (Wildman–Crippen LogP) is 0.986. The zero-order chi connectivity index (χ0) is 18.8. The molecule has 1 aromatic rings. The summed E-state index contributed by atoms with van der Waals surface area (Å²) in [7, 11) is 1.97. The van der Waals surface area contributed by atoms with E-state index in [1.54, 1.807) is 6.92 Å². The molecule has 1 aromatic heterocycles. The summed E-state index contributed by atoms with van der Waals surface area (Å²) in [4.78, 5) is 28.9. The average molecular weight is 361 g/mol. The summed E-state index contributed by atoms with van der Waals surface area (Å²) in [6.07, 6.45) is 3.04. The lowest BCUT2D eigenvalue weighted by Crippen LogP contribution is -2.54. The van der Waals surface area contributed by atoms with Crippen molar-refractivity contribution in [2.45, 2.75) is 52.6 Å². The third kappa shape index (κ3) is 3.92. The van der Waals surface area contributed by atoms with Crippen LogP contribution in [0, 0.1) is 19.8 Å². The van der Waals surface area contributed by atoms with Crippen molar-refractivity contribution in [3.63, 3.8) is 0 Å². The average Bonchev–Trinajstić information content (AvgIpc) is 2.79. The van der Waals surface area contributed by atoms with Crippen LogP contribution in [0.1, 0.15) is 43.1 Å². The van der Waals surface area contributed by atoms with Crippen LogP contribution >= 0.6 is 0 Å². The van der Waals surface area contributed by atoms with Gasteiger partial charge < -0.3 is 10.2 Å². The summed E-state index contributed by atoms with van der Waals surface area (Å²) in [6.45, 7) is 9.94. The van der Waals surface area contributed by atoms with E-state index >= 15 is 0 Å². The second-order valence-electron chi connectivity index (χ2n) is 7.73. The molecule has 2 amide bonds. The third-order valence-electron chi connectivity index (χ3n) is 5.93. The van der Waals surface area contributed by atoms with Gasteiger partial charge in [-0.25, -0.2) is 0 Å². The number of amides is 2. The third-order valence-corrected chi connectivity index (χ3v) is 5.93. The minimum atomic E-state index is -0.433. The van der Waals surface area contributed by atoms with Gasteiger partial charge in [-0.2, -0.15) is 5.10 Å². The number of piperazine rings is 1. The molecule has 3 rings (SSSR count). The molecule has 0 aromatic carbocycles. The van der Waals surface area contributed by atoms with Crippen LogP contribution in [-0.2, 0) is 23.2 Å². The number of nitrogens with zero attached hydrogens (tertiary/aromatic N) is 4. The molecule has 0 spiro atoms. The molecule has 0 bridgehead atoms. The first-order chi connectivity index (χ1) is 12.4. The van der Waals surface area contributed by atoms with E-state index in [2.05, 4.69) is 29.2 Å². The van der Waals surface area contributed by atoms with Gasteiger partial charge in [0.05, 0.1) is 5.69 Å². The molecule has 1 aliphatic carbocycles. The van der Waals surface area contributed by atoms with E-state index in [1.165, 1.54) is 11.3 Å². The van der Waals surface area contributed by atoms with E-state index in [0.29, 0.717) is 13.1 Å². The lowest BCUT2D eigenvalue weighted by molar-refractivity contribution is -0.139. The molecular weight excluding hydrogens is 330 g/mol. The predicted molar refractivity (Wildman–Crippen MR) is 99.5 cm³/mol. The quantitative estimate of drug-likeness (QED) is 0.849. The highest BCUT2D eigenvalue weighted by molar-refractivity contribution is 5.88. The molecule has 0 radical (unpaired) electrons. The molecule has 1 N–H and O–H groups in total. The van der Waals surface area contributed by atoms with Gasteiger partial charge in [0.1, 0.15) is 6.04 Å². The number of carbonyl (C=O) groups excluding carboxylic acids is 2. The molecule has 2 fully saturated rings. The molecule has 1 saturated heterocycles. The summed E-state index contributed by atoms with van der Waals surface area (Å²) in [5.74, 6) is 0.192. The van der Waals surface area contributed by atoms with Crippen LogP contribution in [0.15, 0.2) is 0 Å². The Morgan fingerprint density at radius 3 is 2.35 bits per heavy atom. The van der Waals surface area contributed by atoms with Gasteiger partial charge in [-0.1, -0.05) is 6.42 Å². The summed E-state index contributed by atoms with van der Waals surface area (Å²) >= 11 is 0. The van der Waals surface area contributed by atoms with Gasteiger partial charge in [0.25, 0.3) is 0 Å². The topological polar surface area (TPSA) is 70.5 Å². The summed E-state index contributed by atoms with van der Waals surface area (Å²) in [6, 6.07) is -0.433. The van der Waals surface area contributed by atoms with Crippen molar-refractivity contribution in [2.75, 3.05) is 26.2 Å². The van der Waals surface area contributed by atoms with Crippen molar-refractivity contribution in [1.29, 1.82) is 0 Å². The van der Waals surface area contributed by atoms with Crippen molar-refractivity contribution in [3.05, 3.63) is 17.0 Å². The molecule has 26 heavy (non-hydrogen) atoms. The number of aryl methyl sites for hydroxylation is 2. The van der Waals surface area contributed by atoms with E-state index in [-0.39, 0.29) is 17.7 Å². The fourth-order valence-electron chi connectivity index (χ4n) is 3.73. The molecule has 2 aliphatic rings. The first-order valence-corrected chi connectivity index (χ1v) is 9.67. The Morgan fingerprint density at radius 1 is 1.19 bits per heavy atom. The number of rotatable bonds is 5. The van der Waals surface area contributed by atoms with Gasteiger partial charge in [-0.15, -0.1) is 0 Å². The van der Waals surface area contributed by atoms with E-state index in [0.717, 1.165) is 44.6 Å². The van der Waals surface area contributed by atoms with Crippen molar-refractivity contribution >= 4 is 11.8 Å². The SMILES string of the molecule is Cc1nn(C)c(C)c1CN1CCN(C(=O)C(C)NC(=O)C2CCC2)CC1. The standard InChI is InChI=1S/C19H31N5O2/c1-13-17(15(3)22(4)21-13)12-23-8-10-24(11-9-23)19(26)14(2)20-18(25)16-6-5-7-16/h14,16H,5-12H2,1-4H3,(H,20,25). The van der Waals surface area contributed by atoms with Gasteiger partial charge >= 0.3 is 0 Å². The molecule has 1 unspecified atom stereocenters. The van der Waals surface area contributed by atoms with Crippen molar-refractivity contribution in [1.82, 2.24) is 24.9 Å². The van der Waals surface area contributed by atoms with Crippen LogP contribution in [0.2, 0.25) is 0 Å². The number of aromatic nitrogens is 2. The van der Waals surface area contributed by atoms with Gasteiger partial charge in [0.2, 0.25) is 11.8 Å². The first kappa shape index (κ1) is 18.9. The van der Waals surface area contributed by atoms with Gasteiger partial charge in [0, 0.05) is 56.9 Å². The van der Waals surface area contributed by atoms with Crippen molar-refractivity contribution < 1.29 is 9.59 Å². The van der Waals surface area contributed by atoms with Crippen LogP contribution < -0.4 is 5.32 Å². The summed E-state index contributed by atoms with van der Waals surface area (Å²) in [5.41, 5.74) is 3.57. The number of hydrogen-bond acceptors (Lipinski definition) is 4. The number of hydrogen-bond donors (Lipinski definition) is 1. The minimum Gasteiger partial charge on any atom is -0.344 e. The zero-order valence-electron chi connectivity index (χ0n) is 16.4. The fraction of sp³-hybridized carbons (Fsp3) is 0.737. The molecule has 1 aliphatic heterocycles. The highest BCUT2D eigenvalue weighted by Crippen LogP contribution is 2.26. The Kier molecular flexibility index (Phi) is 5.65. The van der Waals surface area contributed by atoms with E-state index < -0.39 is 6.04 Å². The Morgan fingerprint density at radius 2 is 1.85 bits per heavy atom. The summed E-state index contributed by atoms with van der Waals surface area (Å²) < 4.78 is 1.93. The molecule has 2 heterocycles. The normalized spacial score (nSPS) is 19.9. The molecule has 144 valence electrons. The second kappa shape index (κ2) is 7.78. The largest absolute Gasteiger partial charge is 0.344 e. The van der Waals surface area contributed by atoms with Crippen molar-refractivity contribution in [3.8, 4) is 0 Å². The first-order valence-electron chi connectivity index (χ1n) is 9.67. The molecule has 1 atom stereocenters. The van der Waals surface area contributed by atoms with Gasteiger partial charge in [0.15, 0.2) is 0 Å². The van der Waals surface area contributed by atoms with Crippen LogP contribution in [-0.4, -0.2) is 63.6 Å². The summed E-state index contributed by atoms with van der Waals surface area (Å²) in [5, 5.41) is 7.37. The highest BCUT2D eigenvalue weighted by Gasteiger charge is 2.30. The smallest absolute Gasteiger partial charge is 0.244 e. The van der Waals surface area contributed by atoms with Crippen LogP contribution in [0.25, 0.3) is 0 Å². The monoisotopic (exact) mass is 361 g/mol. The van der Waals surface area contributed by atoms with E-state index in [9.17, 15) is 9.59 Å². The van der Waals surface area contributed by atoms with Crippen LogP contribution in [0.5, 0.6) is 0 Å². The van der Waals surface area contributed by atoms with E-state index in [4.69, 9.17) is 0 Å². The maximum absolute atomic E-state index is 12.6. The Hall–Kier alpha value is -1.89. The van der Waals surface area contributed by atoms with E-state index in [1.807, 2.05) is 16.6 Å². The lowest BCUT2D eigenvalue weighted by Gasteiger charge is -2.36. The number of carbonyl (C=O) groups is 2. The second-order valence-corrected chi connectivity index (χ2v) is 7.73. The highest BCUT2D eigenvalue weighted by atomic mass is 16.2. The maximum atomic E-state index is 12.6. The van der Waals surface area contributed by atoms with Crippen LogP contribution in [0.3, 0.4) is 0 Å². The molecule has 7 heteroatoms. The fourth-order valence-corrected chi connectivity index (χ4v) is 3.73. The maximum Gasteiger partial charge on any atom is 0.244 e. The van der Waals surface area contributed by atoms with Gasteiger partial charge in [-0.3, -0.25) is 19.2 Å². The lowest BCUT2D eigenvalue weighted by atomic mass is 9.84. The Balaban J connectivity index is 1.48. The Labute approximate surface area is 155 Å². The minimum absolute atomic E-state index is 0.0334. The molecular formula is C19H31N5O2. The van der Waals surface area contributed by atoms with Crippen molar-refractivity contribution in [2.24, 2.45) is 13.0 Å². The Bertz CT molecular complexity index is 672. The number of nitrogens with one attached hydrogen (secondary N) is 1. The zero-order valence-corrected chi connectivity index (χ0v) is 16.4. The molecule has 7 nitrogen and oxygen atoms in total. The van der Waals surface area contributed by atoms with Gasteiger partial charge in [-0.05, 0) is 33.6 Å².